The van der Waals surface area contributed by atoms with Crippen molar-refractivity contribution in [3.8, 4) is 11.1 Å². The Kier molecular flexibility index (Phi) is 5.46. The number of benzene rings is 2. The maximum absolute atomic E-state index is 12.8. The van der Waals surface area contributed by atoms with Crippen LogP contribution in [0.2, 0.25) is 0 Å². The van der Waals surface area contributed by atoms with Gasteiger partial charge in [-0.25, -0.2) is 9.59 Å². The normalized spacial score (nSPS) is 21.1. The molecule has 1 saturated heterocycles. The van der Waals surface area contributed by atoms with Crippen molar-refractivity contribution in [2.45, 2.75) is 30.5 Å². The van der Waals surface area contributed by atoms with Crippen LogP contribution < -0.4 is 0 Å². The fourth-order valence-electron chi connectivity index (χ4n) is 4.64. The molecule has 0 unspecified atom stereocenters. The van der Waals surface area contributed by atoms with Crippen LogP contribution in [-0.2, 0) is 14.1 Å². The molecule has 2 aliphatic rings. The number of likely N-dealkylation sites (tertiary alicyclic amines) is 1. The molecule has 2 aromatic rings. The summed E-state index contributed by atoms with van der Waals surface area (Å²) >= 11 is 0. The van der Waals surface area contributed by atoms with E-state index in [2.05, 4.69) is 12.1 Å². The third kappa shape index (κ3) is 3.77. The van der Waals surface area contributed by atoms with Crippen molar-refractivity contribution in [1.82, 2.24) is 4.90 Å². The number of fused-ring (bicyclic) bond motifs is 3. The van der Waals surface area contributed by atoms with Crippen molar-refractivity contribution < 1.29 is 24.0 Å². The number of rotatable bonds is 4. The lowest BCUT2D eigenvalue weighted by Gasteiger charge is -2.37. The molecule has 2 aromatic carbocycles. The molecule has 1 fully saturated rings. The predicted octanol–water partition coefficient (Wildman–Crippen LogP) is 4.48. The molecule has 158 valence electrons. The third-order valence-electron chi connectivity index (χ3n) is 6.31. The Morgan fingerprint density at radius 1 is 1.07 bits per heavy atom. The van der Waals surface area contributed by atoms with Crippen molar-refractivity contribution in [2.24, 2.45) is 0 Å². The van der Waals surface area contributed by atoms with E-state index in [9.17, 15) is 19.3 Å². The third-order valence-corrected chi connectivity index (χ3v) is 8.54. The summed E-state index contributed by atoms with van der Waals surface area (Å²) in [4.78, 5) is 25.9. The molecule has 1 aliphatic heterocycles. The molecule has 7 heteroatoms. The number of amides is 1. The van der Waals surface area contributed by atoms with Gasteiger partial charge in [0, 0.05) is 18.1 Å². The molecule has 30 heavy (non-hydrogen) atoms. The molecule has 2 atom stereocenters. The summed E-state index contributed by atoms with van der Waals surface area (Å²) in [5.74, 6) is -1.16. The first kappa shape index (κ1) is 20.7. The van der Waals surface area contributed by atoms with E-state index in [1.807, 2.05) is 36.4 Å². The zero-order valence-corrected chi connectivity index (χ0v) is 18.0. The molecular formula is C23H26NO5P. The average Bonchev–Trinajstić information content (AvgIpc) is 3.04. The van der Waals surface area contributed by atoms with Gasteiger partial charge in [0.25, 0.3) is 0 Å². The van der Waals surface area contributed by atoms with Gasteiger partial charge in [-0.2, -0.15) is 0 Å². The van der Waals surface area contributed by atoms with E-state index in [1.165, 1.54) is 4.90 Å². The second-order valence-electron chi connectivity index (χ2n) is 8.46. The zero-order chi connectivity index (χ0) is 21.5. The van der Waals surface area contributed by atoms with E-state index in [4.69, 9.17) is 4.74 Å². The van der Waals surface area contributed by atoms with Gasteiger partial charge in [-0.3, -0.25) is 4.90 Å². The van der Waals surface area contributed by atoms with E-state index >= 15 is 0 Å². The van der Waals surface area contributed by atoms with Crippen molar-refractivity contribution in [2.75, 3.05) is 26.5 Å². The Balaban J connectivity index is 1.50. The molecule has 1 aliphatic carbocycles. The molecular weight excluding hydrogens is 401 g/mol. The van der Waals surface area contributed by atoms with E-state index in [-0.39, 0.29) is 31.1 Å². The molecule has 0 bridgehead atoms. The maximum atomic E-state index is 12.8. The summed E-state index contributed by atoms with van der Waals surface area (Å²) in [5, 5.41) is 9.64. The van der Waals surface area contributed by atoms with Crippen molar-refractivity contribution in [3.05, 3.63) is 59.7 Å². The molecule has 1 heterocycles. The standard InChI is InChI=1S/C23H26NO5P/c1-30(2,28)15-11-12-24(21(13-15)22(25)26)23(27)29-14-20-18-9-5-3-7-16(18)17-8-4-6-10-19(17)20/h3-10,15,20-21H,11-14H2,1-2H3,(H,25,26)/t15-,21+/m1/s1. The number of carboxylic acid groups (broad SMARTS) is 1. The minimum absolute atomic E-state index is 0.0753. The van der Waals surface area contributed by atoms with Crippen LogP contribution in [-0.4, -0.2) is 60.3 Å². The number of aliphatic carboxylic acids is 1. The van der Waals surface area contributed by atoms with Gasteiger partial charge >= 0.3 is 12.1 Å². The highest BCUT2D eigenvalue weighted by Crippen LogP contribution is 2.48. The van der Waals surface area contributed by atoms with Gasteiger partial charge in [0.2, 0.25) is 0 Å². The Morgan fingerprint density at radius 2 is 1.63 bits per heavy atom. The summed E-state index contributed by atoms with van der Waals surface area (Å²) < 4.78 is 18.1. The summed E-state index contributed by atoms with van der Waals surface area (Å²) in [7, 11) is -2.42. The molecule has 0 aromatic heterocycles. The summed E-state index contributed by atoms with van der Waals surface area (Å²) in [6.45, 7) is 3.75. The minimum Gasteiger partial charge on any atom is -0.480 e. The second kappa shape index (κ2) is 7.92. The number of piperidine rings is 1. The fraction of sp³-hybridized carbons (Fsp3) is 0.391. The lowest BCUT2D eigenvalue weighted by molar-refractivity contribution is -0.143. The van der Waals surface area contributed by atoms with Gasteiger partial charge in [0.05, 0.1) is 7.14 Å². The quantitative estimate of drug-likeness (QED) is 0.728. The number of nitrogens with zero attached hydrogens (tertiary/aromatic N) is 1. The fourth-order valence-corrected chi connectivity index (χ4v) is 6.09. The molecule has 1 amide bonds. The number of carbonyl (C=O) groups is 2. The Hall–Kier alpha value is -2.59. The molecule has 1 N–H and O–H groups in total. The van der Waals surface area contributed by atoms with Crippen LogP contribution in [0.15, 0.2) is 48.5 Å². The van der Waals surface area contributed by atoms with E-state index < -0.39 is 25.2 Å². The van der Waals surface area contributed by atoms with E-state index in [0.717, 1.165) is 22.3 Å². The van der Waals surface area contributed by atoms with Crippen LogP contribution in [0, 0.1) is 0 Å². The highest BCUT2D eigenvalue weighted by atomic mass is 31.2. The van der Waals surface area contributed by atoms with Gasteiger partial charge < -0.3 is 14.4 Å². The summed E-state index contributed by atoms with van der Waals surface area (Å²) in [6, 6.07) is 15.1. The smallest absolute Gasteiger partial charge is 0.410 e. The van der Waals surface area contributed by atoms with Gasteiger partial charge in [-0.1, -0.05) is 48.5 Å². The van der Waals surface area contributed by atoms with Crippen LogP contribution >= 0.6 is 7.14 Å². The van der Waals surface area contributed by atoms with Crippen molar-refractivity contribution in [3.63, 3.8) is 0 Å². The van der Waals surface area contributed by atoms with Crippen molar-refractivity contribution >= 4 is 19.2 Å². The monoisotopic (exact) mass is 427 g/mol. The van der Waals surface area contributed by atoms with Crippen LogP contribution in [0.5, 0.6) is 0 Å². The van der Waals surface area contributed by atoms with Crippen LogP contribution in [0.25, 0.3) is 11.1 Å². The summed E-state index contributed by atoms with van der Waals surface area (Å²) in [6.07, 6.45) is 0.104. The maximum Gasteiger partial charge on any atom is 0.410 e. The topological polar surface area (TPSA) is 83.9 Å². The lowest BCUT2D eigenvalue weighted by Crippen LogP contribution is -2.51. The second-order valence-corrected chi connectivity index (χ2v) is 12.1. The molecule has 6 nitrogen and oxygen atoms in total. The number of hydrogen-bond donors (Lipinski definition) is 1. The highest BCUT2D eigenvalue weighted by molar-refractivity contribution is 7.63. The van der Waals surface area contributed by atoms with Crippen LogP contribution in [0.1, 0.15) is 29.9 Å². The number of hydrogen-bond acceptors (Lipinski definition) is 4. The predicted molar refractivity (Wildman–Crippen MR) is 116 cm³/mol. The van der Waals surface area contributed by atoms with Crippen molar-refractivity contribution in [1.29, 1.82) is 0 Å². The molecule has 0 saturated carbocycles. The first-order valence-electron chi connectivity index (χ1n) is 10.2. The van der Waals surface area contributed by atoms with Gasteiger partial charge in [0.1, 0.15) is 12.6 Å². The average molecular weight is 427 g/mol. The first-order valence-corrected chi connectivity index (χ1v) is 12.8. The number of carbonyl (C=O) groups excluding carboxylic acids is 1. The number of carboxylic acids is 1. The lowest BCUT2D eigenvalue weighted by atomic mass is 9.98. The minimum atomic E-state index is -2.42. The van der Waals surface area contributed by atoms with E-state index in [0.29, 0.717) is 6.42 Å². The molecule has 0 radical (unpaired) electrons. The van der Waals surface area contributed by atoms with Gasteiger partial charge in [0.15, 0.2) is 0 Å². The summed E-state index contributed by atoms with van der Waals surface area (Å²) in [5.41, 5.74) is 4.31. The Labute approximate surface area is 176 Å². The Morgan fingerprint density at radius 3 is 2.17 bits per heavy atom. The van der Waals surface area contributed by atoms with Gasteiger partial charge in [-0.05, 0) is 48.4 Å². The molecule has 4 rings (SSSR count). The van der Waals surface area contributed by atoms with Gasteiger partial charge in [-0.15, -0.1) is 0 Å². The SMILES string of the molecule is CP(C)(=O)[C@@H]1CCN(C(=O)OCC2c3ccccc3-c3ccccc32)[C@H](C(=O)O)C1. The van der Waals surface area contributed by atoms with Crippen LogP contribution in [0.3, 0.4) is 0 Å². The van der Waals surface area contributed by atoms with E-state index in [1.54, 1.807) is 13.3 Å². The zero-order valence-electron chi connectivity index (χ0n) is 17.2. The largest absolute Gasteiger partial charge is 0.480 e. The molecule has 0 spiro atoms. The number of ether oxygens (including phenoxy) is 1. The highest BCUT2D eigenvalue weighted by Gasteiger charge is 2.41. The Bertz CT molecular complexity index is 984. The first-order chi connectivity index (χ1) is 14.3. The van der Waals surface area contributed by atoms with Crippen LogP contribution in [0.4, 0.5) is 4.79 Å².